The number of benzene rings is 3. The molecule has 2 fully saturated rings. The highest BCUT2D eigenvalue weighted by atomic mass is 32.1. The number of hydrogen-bond acceptors (Lipinski definition) is 12. The first-order valence-corrected chi connectivity index (χ1v) is 24.9. The van der Waals surface area contributed by atoms with Gasteiger partial charge in [0.15, 0.2) is 0 Å². The molecule has 0 bridgehead atoms. The number of β-amino-alcohol motifs (C(OH)–C–C–N with tert-alkyl or cyclic N) is 1. The van der Waals surface area contributed by atoms with Gasteiger partial charge in [0.05, 0.1) is 71.2 Å². The van der Waals surface area contributed by atoms with E-state index in [1.165, 1.54) is 17.7 Å². The lowest BCUT2D eigenvalue weighted by molar-refractivity contribution is -0.144. The Morgan fingerprint density at radius 3 is 2.50 bits per heavy atom. The molecule has 8 rings (SSSR count). The minimum Gasteiger partial charge on any atom is -0.391 e. The number of nitrogens with zero attached hydrogens (tertiary/aromatic N) is 6. The zero-order valence-corrected chi connectivity index (χ0v) is 41.2. The zero-order chi connectivity index (χ0) is 49.5. The largest absolute Gasteiger partial charge is 0.391 e. The Hall–Kier alpha value is -6.54. The Balaban J connectivity index is 0.735. The number of fused-ring (bicyclic) bond motifs is 2. The molecule has 19 heteroatoms. The summed E-state index contributed by atoms with van der Waals surface area (Å²) in [4.78, 5) is 83.8. The quantitative estimate of drug-likeness (QED) is 0.0571. The monoisotopic (exact) mass is 973 g/mol. The van der Waals surface area contributed by atoms with E-state index in [2.05, 4.69) is 48.2 Å². The van der Waals surface area contributed by atoms with E-state index in [0.29, 0.717) is 30.4 Å². The molecule has 0 saturated carbocycles. The number of aryl methyl sites for hydroxylation is 1. The van der Waals surface area contributed by atoms with Crippen molar-refractivity contribution in [2.24, 2.45) is 5.41 Å². The van der Waals surface area contributed by atoms with E-state index in [9.17, 15) is 29.1 Å². The number of aromatic amines is 1. The predicted octanol–water partition coefficient (Wildman–Crippen LogP) is 5.30. The molecule has 2 aliphatic rings. The number of aliphatic hydroxyl groups is 1. The van der Waals surface area contributed by atoms with Gasteiger partial charge in [-0.2, -0.15) is 5.10 Å². The topological polar surface area (TPSA) is 229 Å². The van der Waals surface area contributed by atoms with Crippen LogP contribution in [0, 0.1) is 12.3 Å². The summed E-state index contributed by atoms with van der Waals surface area (Å²) in [5.74, 6) is -0.812. The molecule has 2 saturated heterocycles. The van der Waals surface area contributed by atoms with Gasteiger partial charge in [-0.1, -0.05) is 45.0 Å². The molecule has 0 radical (unpaired) electrons. The van der Waals surface area contributed by atoms with Crippen LogP contribution in [0.1, 0.15) is 87.2 Å². The summed E-state index contributed by atoms with van der Waals surface area (Å²) in [5, 5.41) is 27.5. The number of H-pyrrole nitrogens is 1. The molecule has 370 valence electrons. The summed E-state index contributed by atoms with van der Waals surface area (Å²) in [6, 6.07) is 17.6. The number of likely N-dealkylation sites (tertiary alicyclic amines) is 2. The Morgan fingerprint density at radius 2 is 1.77 bits per heavy atom. The van der Waals surface area contributed by atoms with Crippen molar-refractivity contribution >= 4 is 68.5 Å². The number of anilines is 1. The summed E-state index contributed by atoms with van der Waals surface area (Å²) in [6.45, 7) is 12.6. The van der Waals surface area contributed by atoms with Crippen molar-refractivity contribution in [3.63, 3.8) is 0 Å². The third-order valence-corrected chi connectivity index (χ3v) is 14.0. The molecule has 2 aliphatic heterocycles. The summed E-state index contributed by atoms with van der Waals surface area (Å²) in [6.07, 6.45) is 3.32. The second-order valence-electron chi connectivity index (χ2n) is 19.4. The van der Waals surface area contributed by atoms with Gasteiger partial charge < -0.3 is 41.0 Å². The highest BCUT2D eigenvalue weighted by molar-refractivity contribution is 7.13. The Labute approximate surface area is 411 Å². The van der Waals surface area contributed by atoms with Gasteiger partial charge in [-0.15, -0.1) is 11.3 Å². The van der Waals surface area contributed by atoms with Crippen LogP contribution in [0.5, 0.6) is 0 Å². The van der Waals surface area contributed by atoms with Crippen LogP contribution in [-0.2, 0) is 43.5 Å². The van der Waals surface area contributed by atoms with Crippen LogP contribution in [0.15, 0.2) is 72.4 Å². The molecular weight excluding hydrogens is 911 g/mol. The van der Waals surface area contributed by atoms with Crippen LogP contribution < -0.4 is 21.3 Å². The molecular formula is C51H63N11O7S. The third kappa shape index (κ3) is 12.2. The van der Waals surface area contributed by atoms with E-state index in [4.69, 9.17) is 9.72 Å². The summed E-state index contributed by atoms with van der Waals surface area (Å²) in [5.41, 5.74) is 7.67. The van der Waals surface area contributed by atoms with E-state index >= 15 is 0 Å². The lowest BCUT2D eigenvalue weighted by atomic mass is 9.85. The van der Waals surface area contributed by atoms with Crippen molar-refractivity contribution in [2.75, 3.05) is 38.2 Å². The maximum Gasteiger partial charge on any atom is 0.255 e. The minimum atomic E-state index is -0.973. The van der Waals surface area contributed by atoms with Gasteiger partial charge >= 0.3 is 0 Å². The molecule has 5 amide bonds. The van der Waals surface area contributed by atoms with Gasteiger partial charge in [0.2, 0.25) is 23.6 Å². The highest BCUT2D eigenvalue weighted by Crippen LogP contribution is 2.29. The van der Waals surface area contributed by atoms with Gasteiger partial charge in [0.25, 0.3) is 5.91 Å². The number of thiazole rings is 1. The molecule has 3 aromatic carbocycles. The number of carbonyl (C=O) groups excluding carboxylic acids is 5. The molecule has 3 aromatic heterocycles. The van der Waals surface area contributed by atoms with Gasteiger partial charge in [0.1, 0.15) is 17.9 Å². The standard InChI is InChI=1S/C51H63N11O7S/c1-31-7-6-19-60(31)29-43-57-39-14-13-37(24-40(39)58-43)56-48(66)35-12-15-41-36(23-35)27-55-62(41)20-18-52-44(64)16-21-69-22-17-45(65)59-47(51(3,4)5)50(68)61-28-38(63)25-42(61)49(67)53-26-33-8-10-34(11-9-33)46-32(2)54-30-70-46/h8-15,23-24,27,30-31,38,42,47,63H,6-7,16-22,25-26,28-29H2,1-5H3,(H,52,64)(H,53,67)(H,56,66)(H,57,58)(H,59,65)/t31-,38+,42-,47+/m0/s1. The number of rotatable bonds is 19. The SMILES string of the molecule is Cc1ncsc1-c1ccc(CNC(=O)[C@@H]2C[C@@H](O)CN2C(=O)[C@@H](NC(=O)CCOCCC(=O)NCCn2ncc3cc(C(=O)Nc4ccc5[nH]c(CN6CCC[C@@H]6C)nc5c4)ccc32)C(C)(C)C)cc1. The highest BCUT2D eigenvalue weighted by Gasteiger charge is 2.44. The number of aromatic nitrogens is 5. The van der Waals surface area contributed by atoms with Crippen LogP contribution in [-0.4, -0.2) is 126 Å². The minimum absolute atomic E-state index is 0.0281. The number of aliphatic hydroxyl groups excluding tert-OH is 1. The fraction of sp³-hybridized carbons (Fsp3) is 0.451. The van der Waals surface area contributed by atoms with Gasteiger partial charge in [-0.05, 0) is 86.2 Å². The summed E-state index contributed by atoms with van der Waals surface area (Å²) >= 11 is 1.57. The molecule has 0 unspecified atom stereocenters. The first kappa shape index (κ1) is 49.9. The van der Waals surface area contributed by atoms with Crippen LogP contribution >= 0.6 is 11.3 Å². The number of imidazole rings is 1. The summed E-state index contributed by atoms with van der Waals surface area (Å²) < 4.78 is 7.39. The number of hydrogen-bond donors (Lipinski definition) is 6. The second-order valence-corrected chi connectivity index (χ2v) is 20.2. The van der Waals surface area contributed by atoms with Crippen molar-refractivity contribution < 1.29 is 33.8 Å². The predicted molar refractivity (Wildman–Crippen MR) is 268 cm³/mol. The average Bonchev–Trinajstić information content (AvgIpc) is 4.19. The third-order valence-electron chi connectivity index (χ3n) is 13.0. The fourth-order valence-corrected chi connectivity index (χ4v) is 9.89. The van der Waals surface area contributed by atoms with E-state index in [-0.39, 0.29) is 63.3 Å². The van der Waals surface area contributed by atoms with Crippen LogP contribution in [0.25, 0.3) is 32.4 Å². The van der Waals surface area contributed by atoms with Gasteiger partial charge in [0, 0.05) is 61.6 Å². The second kappa shape index (κ2) is 22.0. The van der Waals surface area contributed by atoms with Crippen LogP contribution in [0.2, 0.25) is 0 Å². The molecule has 5 heterocycles. The number of nitrogens with one attached hydrogen (secondary N) is 5. The van der Waals surface area contributed by atoms with Crippen molar-refractivity contribution in [2.45, 2.75) is 111 Å². The Morgan fingerprint density at radius 1 is 0.986 bits per heavy atom. The maximum atomic E-state index is 14.0. The first-order valence-electron chi connectivity index (χ1n) is 24.0. The lowest BCUT2D eigenvalue weighted by Crippen LogP contribution is -2.57. The average molecular weight is 974 g/mol. The number of amides is 5. The van der Waals surface area contributed by atoms with Crippen molar-refractivity contribution in [1.29, 1.82) is 0 Å². The maximum absolute atomic E-state index is 14.0. The molecule has 0 spiro atoms. The van der Waals surface area contributed by atoms with E-state index < -0.39 is 35.4 Å². The van der Waals surface area contributed by atoms with Gasteiger partial charge in [-0.3, -0.25) is 33.6 Å². The molecule has 0 aliphatic carbocycles. The van der Waals surface area contributed by atoms with E-state index in [1.54, 1.807) is 34.3 Å². The molecule has 6 N–H and O–H groups in total. The number of carbonyl (C=O) groups is 5. The fourth-order valence-electron chi connectivity index (χ4n) is 9.08. The van der Waals surface area contributed by atoms with Gasteiger partial charge in [-0.25, -0.2) is 9.97 Å². The van der Waals surface area contributed by atoms with Crippen molar-refractivity contribution in [3.8, 4) is 10.4 Å². The lowest BCUT2D eigenvalue weighted by Gasteiger charge is -2.35. The first-order chi connectivity index (χ1) is 33.6. The zero-order valence-electron chi connectivity index (χ0n) is 40.4. The number of ether oxygens (including phenoxy) is 1. The Bertz CT molecular complexity index is 2830. The molecule has 70 heavy (non-hydrogen) atoms. The Kier molecular flexibility index (Phi) is 15.7. The summed E-state index contributed by atoms with van der Waals surface area (Å²) in [7, 11) is 0. The molecule has 18 nitrogen and oxygen atoms in total. The van der Waals surface area contributed by atoms with Crippen molar-refractivity contribution in [1.82, 2.24) is 50.5 Å². The van der Waals surface area contributed by atoms with Crippen molar-refractivity contribution in [3.05, 3.63) is 95.0 Å². The molecule has 4 atom stereocenters. The van der Waals surface area contributed by atoms with Crippen LogP contribution in [0.3, 0.4) is 0 Å². The molecule has 6 aromatic rings. The van der Waals surface area contributed by atoms with E-state index in [1.807, 2.05) is 81.7 Å². The smallest absolute Gasteiger partial charge is 0.255 e. The van der Waals surface area contributed by atoms with E-state index in [0.717, 1.165) is 62.5 Å². The van der Waals surface area contributed by atoms with Crippen LogP contribution in [0.4, 0.5) is 5.69 Å². The normalized spacial score (nSPS) is 17.8.